The third-order valence-electron chi connectivity index (χ3n) is 3.76. The summed E-state index contributed by atoms with van der Waals surface area (Å²) < 4.78 is 7.30. The van der Waals surface area contributed by atoms with E-state index >= 15 is 0 Å². The van der Waals surface area contributed by atoms with Gasteiger partial charge in [-0.2, -0.15) is 0 Å². The van der Waals surface area contributed by atoms with Crippen LogP contribution < -0.4 is 10.5 Å². The van der Waals surface area contributed by atoms with Gasteiger partial charge in [-0.1, -0.05) is 17.3 Å². The standard InChI is InChI=1S/C14H18N4O/c1-19-14-5-3-2-4-13(14)18-12-7-6-10(9-15)8-11(12)16-17-18/h2-5,10H,6-9,15H2,1H3. The monoisotopic (exact) mass is 258 g/mol. The second-order valence-corrected chi connectivity index (χ2v) is 4.91. The Bertz CT molecular complexity index is 579. The number of hydrogen-bond donors (Lipinski definition) is 1. The Kier molecular flexibility index (Phi) is 3.21. The van der Waals surface area contributed by atoms with Gasteiger partial charge < -0.3 is 10.5 Å². The zero-order valence-electron chi connectivity index (χ0n) is 11.0. The van der Waals surface area contributed by atoms with Gasteiger partial charge in [0.25, 0.3) is 0 Å². The van der Waals surface area contributed by atoms with E-state index in [-0.39, 0.29) is 0 Å². The summed E-state index contributed by atoms with van der Waals surface area (Å²) in [6.45, 7) is 0.723. The molecule has 0 radical (unpaired) electrons. The maximum atomic E-state index is 5.75. The van der Waals surface area contributed by atoms with E-state index in [1.165, 1.54) is 5.69 Å². The molecule has 1 unspecified atom stereocenters. The second kappa shape index (κ2) is 5.01. The Morgan fingerprint density at radius 2 is 2.26 bits per heavy atom. The Hall–Kier alpha value is -1.88. The van der Waals surface area contributed by atoms with E-state index in [0.29, 0.717) is 5.92 Å². The third kappa shape index (κ3) is 2.10. The summed E-state index contributed by atoms with van der Waals surface area (Å²) in [6, 6.07) is 7.88. The summed E-state index contributed by atoms with van der Waals surface area (Å²) in [6.07, 6.45) is 3.01. The van der Waals surface area contributed by atoms with Gasteiger partial charge in [-0.05, 0) is 43.9 Å². The van der Waals surface area contributed by atoms with Crippen LogP contribution in [0.25, 0.3) is 5.69 Å². The van der Waals surface area contributed by atoms with Crippen molar-refractivity contribution in [1.29, 1.82) is 0 Å². The average molecular weight is 258 g/mol. The van der Waals surface area contributed by atoms with Crippen molar-refractivity contribution in [2.24, 2.45) is 11.7 Å². The number of nitrogens with two attached hydrogens (primary N) is 1. The molecule has 0 bridgehead atoms. The van der Waals surface area contributed by atoms with Crippen molar-refractivity contribution >= 4 is 0 Å². The van der Waals surface area contributed by atoms with Crippen LogP contribution in [0.3, 0.4) is 0 Å². The molecule has 1 aliphatic carbocycles. The van der Waals surface area contributed by atoms with E-state index < -0.39 is 0 Å². The van der Waals surface area contributed by atoms with Crippen molar-refractivity contribution in [1.82, 2.24) is 15.0 Å². The molecule has 5 heteroatoms. The number of nitrogens with zero attached hydrogens (tertiary/aromatic N) is 3. The Morgan fingerprint density at radius 3 is 3.05 bits per heavy atom. The predicted molar refractivity (Wildman–Crippen MR) is 72.5 cm³/mol. The molecule has 1 aromatic heterocycles. The van der Waals surface area contributed by atoms with Gasteiger partial charge in [0.2, 0.25) is 0 Å². The molecule has 1 atom stereocenters. The van der Waals surface area contributed by atoms with Gasteiger partial charge in [-0.15, -0.1) is 5.10 Å². The summed E-state index contributed by atoms with van der Waals surface area (Å²) in [5, 5.41) is 8.60. The predicted octanol–water partition coefficient (Wildman–Crippen LogP) is 1.34. The summed E-state index contributed by atoms with van der Waals surface area (Å²) in [4.78, 5) is 0. The first-order valence-electron chi connectivity index (χ1n) is 6.60. The van der Waals surface area contributed by atoms with Crippen LogP contribution in [-0.4, -0.2) is 28.6 Å². The molecule has 2 N–H and O–H groups in total. The van der Waals surface area contributed by atoms with E-state index in [2.05, 4.69) is 10.3 Å². The average Bonchev–Trinajstić information content (AvgIpc) is 2.89. The van der Waals surface area contributed by atoms with Gasteiger partial charge in [0.1, 0.15) is 11.4 Å². The fourth-order valence-corrected chi connectivity index (χ4v) is 2.66. The number of fused-ring (bicyclic) bond motifs is 1. The highest BCUT2D eigenvalue weighted by molar-refractivity contribution is 5.47. The Labute approximate surface area is 112 Å². The van der Waals surface area contributed by atoms with E-state index in [1.807, 2.05) is 28.9 Å². The van der Waals surface area contributed by atoms with E-state index in [0.717, 1.165) is 42.9 Å². The fourth-order valence-electron chi connectivity index (χ4n) is 2.66. The van der Waals surface area contributed by atoms with Crippen LogP contribution in [0, 0.1) is 5.92 Å². The number of methoxy groups -OCH3 is 1. The van der Waals surface area contributed by atoms with Crippen LogP contribution in [-0.2, 0) is 12.8 Å². The van der Waals surface area contributed by atoms with Crippen LogP contribution in [0.4, 0.5) is 0 Å². The van der Waals surface area contributed by atoms with Crippen molar-refractivity contribution in [3.8, 4) is 11.4 Å². The highest BCUT2D eigenvalue weighted by Gasteiger charge is 2.24. The van der Waals surface area contributed by atoms with Crippen LogP contribution in [0.2, 0.25) is 0 Å². The lowest BCUT2D eigenvalue weighted by Crippen LogP contribution is -2.23. The van der Waals surface area contributed by atoms with E-state index in [4.69, 9.17) is 10.5 Å². The first-order chi connectivity index (χ1) is 9.33. The number of para-hydroxylation sites is 2. The summed E-state index contributed by atoms with van der Waals surface area (Å²) in [5.41, 5.74) is 8.96. The maximum Gasteiger partial charge on any atom is 0.144 e. The third-order valence-corrected chi connectivity index (χ3v) is 3.76. The van der Waals surface area contributed by atoms with Crippen molar-refractivity contribution in [3.63, 3.8) is 0 Å². The lowest BCUT2D eigenvalue weighted by Gasteiger charge is -2.20. The molecule has 2 aromatic rings. The molecule has 0 saturated carbocycles. The Balaban J connectivity index is 2.01. The summed E-state index contributed by atoms with van der Waals surface area (Å²) in [5.74, 6) is 1.35. The molecule has 0 spiro atoms. The molecule has 1 aliphatic rings. The van der Waals surface area contributed by atoms with Crippen LogP contribution >= 0.6 is 0 Å². The molecule has 0 saturated heterocycles. The van der Waals surface area contributed by atoms with E-state index in [1.54, 1.807) is 7.11 Å². The summed E-state index contributed by atoms with van der Waals surface area (Å²) in [7, 11) is 1.67. The molecule has 0 aliphatic heterocycles. The molecule has 0 fully saturated rings. The first kappa shape index (κ1) is 12.2. The van der Waals surface area contributed by atoms with Crippen LogP contribution in [0.15, 0.2) is 24.3 Å². The number of aromatic nitrogens is 3. The first-order valence-corrected chi connectivity index (χ1v) is 6.60. The highest BCUT2D eigenvalue weighted by atomic mass is 16.5. The lowest BCUT2D eigenvalue weighted by molar-refractivity contribution is 0.410. The molecule has 5 nitrogen and oxygen atoms in total. The van der Waals surface area contributed by atoms with Crippen molar-refractivity contribution in [2.45, 2.75) is 19.3 Å². The van der Waals surface area contributed by atoms with Crippen molar-refractivity contribution in [3.05, 3.63) is 35.7 Å². The molecule has 19 heavy (non-hydrogen) atoms. The molecule has 1 aromatic carbocycles. The lowest BCUT2D eigenvalue weighted by atomic mass is 9.90. The van der Waals surface area contributed by atoms with E-state index in [9.17, 15) is 0 Å². The van der Waals surface area contributed by atoms with Gasteiger partial charge >= 0.3 is 0 Å². The number of hydrogen-bond acceptors (Lipinski definition) is 4. The molecule has 3 rings (SSSR count). The normalized spacial score (nSPS) is 18.1. The molecular weight excluding hydrogens is 240 g/mol. The zero-order chi connectivity index (χ0) is 13.2. The minimum Gasteiger partial charge on any atom is -0.494 e. The van der Waals surface area contributed by atoms with Crippen molar-refractivity contribution in [2.75, 3.05) is 13.7 Å². The topological polar surface area (TPSA) is 66.0 Å². The summed E-state index contributed by atoms with van der Waals surface area (Å²) >= 11 is 0. The maximum absolute atomic E-state index is 5.75. The van der Waals surface area contributed by atoms with Crippen molar-refractivity contribution < 1.29 is 4.74 Å². The van der Waals surface area contributed by atoms with Gasteiger partial charge in [-0.25, -0.2) is 4.68 Å². The number of rotatable bonds is 3. The van der Waals surface area contributed by atoms with Gasteiger partial charge in [0.05, 0.1) is 18.5 Å². The zero-order valence-corrected chi connectivity index (χ0v) is 11.0. The largest absolute Gasteiger partial charge is 0.494 e. The second-order valence-electron chi connectivity index (χ2n) is 4.91. The van der Waals surface area contributed by atoms with Gasteiger partial charge in [0, 0.05) is 0 Å². The molecule has 1 heterocycles. The van der Waals surface area contributed by atoms with Gasteiger partial charge in [-0.3, -0.25) is 0 Å². The smallest absolute Gasteiger partial charge is 0.144 e. The number of benzene rings is 1. The molecular formula is C14H18N4O. The quantitative estimate of drug-likeness (QED) is 0.902. The minimum absolute atomic E-state index is 0.537. The van der Waals surface area contributed by atoms with Gasteiger partial charge in [0.15, 0.2) is 0 Å². The van der Waals surface area contributed by atoms with Crippen LogP contribution in [0.5, 0.6) is 5.75 Å². The minimum atomic E-state index is 0.537. The number of ether oxygens (including phenoxy) is 1. The molecule has 0 amide bonds. The molecule has 100 valence electrons. The van der Waals surface area contributed by atoms with Crippen LogP contribution in [0.1, 0.15) is 17.8 Å². The fraction of sp³-hybridized carbons (Fsp3) is 0.429. The SMILES string of the molecule is COc1ccccc1-n1nnc2c1CCC(CN)C2. The Morgan fingerprint density at radius 1 is 1.42 bits per heavy atom. The highest BCUT2D eigenvalue weighted by Crippen LogP contribution is 2.28.